The van der Waals surface area contributed by atoms with Gasteiger partial charge in [0.2, 0.25) is 0 Å². The summed E-state index contributed by atoms with van der Waals surface area (Å²) in [5.74, 6) is -0.528. The van der Waals surface area contributed by atoms with Crippen LogP contribution >= 0.6 is 31.9 Å². The molecule has 0 unspecified atom stereocenters. The molecule has 0 radical (unpaired) electrons. The number of anilines is 2. The number of rotatable bonds is 4. The van der Waals surface area contributed by atoms with E-state index < -0.39 is 0 Å². The summed E-state index contributed by atoms with van der Waals surface area (Å²) in [6.07, 6.45) is 0. The van der Waals surface area contributed by atoms with E-state index in [0.29, 0.717) is 11.1 Å². The Balaban J connectivity index is 1.77. The number of carbonyl (C=O) groups is 2. The van der Waals surface area contributed by atoms with E-state index in [-0.39, 0.29) is 11.8 Å². The molecule has 3 aromatic carbocycles. The lowest BCUT2D eigenvalue weighted by atomic mass is 10.1. The van der Waals surface area contributed by atoms with Crippen LogP contribution in [0.5, 0.6) is 0 Å². The van der Waals surface area contributed by atoms with Crippen LogP contribution in [-0.2, 0) is 0 Å². The minimum absolute atomic E-state index is 0.264. The van der Waals surface area contributed by atoms with Crippen molar-refractivity contribution in [1.82, 2.24) is 0 Å². The van der Waals surface area contributed by atoms with Gasteiger partial charge in [-0.15, -0.1) is 0 Å². The van der Waals surface area contributed by atoms with E-state index in [2.05, 4.69) is 42.5 Å². The summed E-state index contributed by atoms with van der Waals surface area (Å²) in [5.41, 5.74) is 4.19. The zero-order valence-corrected chi connectivity index (χ0v) is 18.5. The van der Waals surface area contributed by atoms with Crippen LogP contribution in [0, 0.1) is 13.8 Å². The number of nitrogens with one attached hydrogen (secondary N) is 2. The molecule has 0 saturated heterocycles. The number of hydrogen-bond donors (Lipinski definition) is 2. The molecule has 0 aliphatic heterocycles. The molecule has 3 rings (SSSR count). The molecule has 0 aliphatic carbocycles. The highest BCUT2D eigenvalue weighted by Crippen LogP contribution is 2.22. The van der Waals surface area contributed by atoms with Gasteiger partial charge in [-0.25, -0.2) is 0 Å². The summed E-state index contributed by atoms with van der Waals surface area (Å²) in [6, 6.07) is 17.9. The zero-order valence-electron chi connectivity index (χ0n) is 15.3. The van der Waals surface area contributed by atoms with Gasteiger partial charge in [-0.1, -0.05) is 37.9 Å². The van der Waals surface area contributed by atoms with Crippen molar-refractivity contribution in [3.63, 3.8) is 0 Å². The Labute approximate surface area is 180 Å². The van der Waals surface area contributed by atoms with Gasteiger partial charge in [0.1, 0.15) is 0 Å². The smallest absolute Gasteiger partial charge is 0.255 e. The maximum Gasteiger partial charge on any atom is 0.255 e. The average Bonchev–Trinajstić information content (AvgIpc) is 2.66. The minimum Gasteiger partial charge on any atom is -0.322 e. The second-order valence-electron chi connectivity index (χ2n) is 6.41. The number of halogens is 2. The van der Waals surface area contributed by atoms with Crippen LogP contribution in [0.25, 0.3) is 0 Å². The van der Waals surface area contributed by atoms with Crippen molar-refractivity contribution in [2.75, 3.05) is 10.6 Å². The summed E-state index contributed by atoms with van der Waals surface area (Å²) in [4.78, 5) is 25.2. The van der Waals surface area contributed by atoms with Gasteiger partial charge in [-0.3, -0.25) is 9.59 Å². The van der Waals surface area contributed by atoms with E-state index in [1.165, 1.54) is 0 Å². The van der Waals surface area contributed by atoms with E-state index >= 15 is 0 Å². The number of benzene rings is 3. The molecule has 0 saturated carbocycles. The van der Waals surface area contributed by atoms with Crippen LogP contribution in [0.4, 0.5) is 11.4 Å². The fourth-order valence-electron chi connectivity index (χ4n) is 2.73. The van der Waals surface area contributed by atoms with Crippen molar-refractivity contribution in [1.29, 1.82) is 0 Å². The van der Waals surface area contributed by atoms with Crippen LogP contribution < -0.4 is 10.6 Å². The molecule has 6 heteroatoms. The zero-order chi connectivity index (χ0) is 20.3. The van der Waals surface area contributed by atoms with E-state index in [0.717, 1.165) is 31.4 Å². The molecule has 3 aromatic rings. The van der Waals surface area contributed by atoms with Crippen molar-refractivity contribution in [2.45, 2.75) is 13.8 Å². The first-order valence-electron chi connectivity index (χ1n) is 8.58. The van der Waals surface area contributed by atoms with Gasteiger partial charge >= 0.3 is 0 Å². The van der Waals surface area contributed by atoms with Crippen LogP contribution in [0.2, 0.25) is 0 Å². The Bertz CT molecular complexity index is 983. The quantitative estimate of drug-likeness (QED) is 0.438. The maximum atomic E-state index is 12.6. The fraction of sp³-hybridized carbons (Fsp3) is 0.0909. The Hall–Kier alpha value is -2.44. The molecule has 28 heavy (non-hydrogen) atoms. The first kappa shape index (κ1) is 20.3. The summed E-state index contributed by atoms with van der Waals surface area (Å²) >= 11 is 6.82. The van der Waals surface area contributed by atoms with Crippen molar-refractivity contribution in [3.8, 4) is 0 Å². The van der Waals surface area contributed by atoms with E-state index in [1.807, 2.05) is 50.2 Å². The predicted octanol–water partition coefficient (Wildman–Crippen LogP) is 6.33. The first-order chi connectivity index (χ1) is 13.3. The molecule has 0 fully saturated rings. The standard InChI is InChI=1S/C22H18Br2N2O2/c1-13-10-17(23)6-8-19(13)25-21(27)15-4-3-5-16(12-15)22(28)26-20-9-7-18(24)11-14(20)2/h3-12H,1-2H3,(H,25,27)(H,26,28). The highest BCUT2D eigenvalue weighted by molar-refractivity contribution is 9.10. The van der Waals surface area contributed by atoms with Gasteiger partial charge in [-0.05, 0) is 79.6 Å². The average molecular weight is 502 g/mol. The van der Waals surface area contributed by atoms with Gasteiger partial charge in [0, 0.05) is 31.4 Å². The topological polar surface area (TPSA) is 58.2 Å². The Morgan fingerprint density at radius 2 is 1.11 bits per heavy atom. The van der Waals surface area contributed by atoms with Gasteiger partial charge in [0.05, 0.1) is 0 Å². The lowest BCUT2D eigenvalue weighted by Gasteiger charge is -2.11. The third-order valence-corrected chi connectivity index (χ3v) is 5.25. The normalized spacial score (nSPS) is 10.4. The lowest BCUT2D eigenvalue weighted by molar-refractivity contribution is 0.102. The van der Waals surface area contributed by atoms with Crippen LogP contribution in [0.3, 0.4) is 0 Å². The molecule has 0 spiro atoms. The van der Waals surface area contributed by atoms with Crippen LogP contribution in [0.15, 0.2) is 69.6 Å². The molecule has 0 heterocycles. The summed E-state index contributed by atoms with van der Waals surface area (Å²) in [6.45, 7) is 3.84. The summed E-state index contributed by atoms with van der Waals surface area (Å²) < 4.78 is 1.90. The molecule has 2 amide bonds. The lowest BCUT2D eigenvalue weighted by Crippen LogP contribution is -2.16. The predicted molar refractivity (Wildman–Crippen MR) is 120 cm³/mol. The Kier molecular flexibility index (Phi) is 6.31. The van der Waals surface area contributed by atoms with Gasteiger partial charge in [-0.2, -0.15) is 0 Å². The molecule has 0 bridgehead atoms. The van der Waals surface area contributed by atoms with Crippen molar-refractivity contribution < 1.29 is 9.59 Å². The molecule has 4 nitrogen and oxygen atoms in total. The minimum atomic E-state index is -0.264. The van der Waals surface area contributed by atoms with Gasteiger partial charge < -0.3 is 10.6 Å². The van der Waals surface area contributed by atoms with Crippen molar-refractivity contribution in [2.24, 2.45) is 0 Å². The molecular formula is C22H18Br2N2O2. The van der Waals surface area contributed by atoms with E-state index in [9.17, 15) is 9.59 Å². The number of carbonyl (C=O) groups excluding carboxylic acids is 2. The molecule has 0 aromatic heterocycles. The molecule has 0 atom stereocenters. The molecule has 2 N–H and O–H groups in total. The Morgan fingerprint density at radius 3 is 1.50 bits per heavy atom. The number of amides is 2. The molecular weight excluding hydrogens is 484 g/mol. The largest absolute Gasteiger partial charge is 0.322 e. The number of hydrogen-bond acceptors (Lipinski definition) is 2. The number of aryl methyl sites for hydroxylation is 2. The third-order valence-electron chi connectivity index (χ3n) is 4.26. The SMILES string of the molecule is Cc1cc(Br)ccc1NC(=O)c1cccc(C(=O)Nc2ccc(Br)cc2C)c1. The van der Waals surface area contributed by atoms with E-state index in [1.54, 1.807) is 24.3 Å². The first-order valence-corrected chi connectivity index (χ1v) is 10.2. The molecule has 0 aliphatic rings. The van der Waals surface area contributed by atoms with Crippen LogP contribution in [-0.4, -0.2) is 11.8 Å². The van der Waals surface area contributed by atoms with Crippen molar-refractivity contribution >= 4 is 55.0 Å². The van der Waals surface area contributed by atoms with Crippen LogP contribution in [0.1, 0.15) is 31.8 Å². The van der Waals surface area contributed by atoms with Crippen molar-refractivity contribution in [3.05, 3.63) is 91.9 Å². The summed E-state index contributed by atoms with van der Waals surface area (Å²) in [7, 11) is 0. The fourth-order valence-corrected chi connectivity index (χ4v) is 3.68. The second-order valence-corrected chi connectivity index (χ2v) is 8.24. The highest BCUT2D eigenvalue weighted by Gasteiger charge is 2.13. The van der Waals surface area contributed by atoms with Gasteiger partial charge in [0.15, 0.2) is 0 Å². The maximum absolute atomic E-state index is 12.6. The van der Waals surface area contributed by atoms with E-state index in [4.69, 9.17) is 0 Å². The van der Waals surface area contributed by atoms with Gasteiger partial charge in [0.25, 0.3) is 11.8 Å². The summed E-state index contributed by atoms with van der Waals surface area (Å²) in [5, 5.41) is 5.78. The molecule has 142 valence electrons. The monoisotopic (exact) mass is 500 g/mol. The third kappa shape index (κ3) is 4.88. The highest BCUT2D eigenvalue weighted by atomic mass is 79.9. The Morgan fingerprint density at radius 1 is 0.679 bits per heavy atom. The second kappa shape index (κ2) is 8.71.